The maximum atomic E-state index is 12.0. The molecule has 0 N–H and O–H groups in total. The Morgan fingerprint density at radius 3 is 2.57 bits per heavy atom. The molecular weight excluding hydrogens is 292 g/mol. The highest BCUT2D eigenvalue weighted by Crippen LogP contribution is 2.35. The molecule has 0 atom stereocenters. The molecule has 5 nitrogen and oxygen atoms in total. The van der Waals surface area contributed by atoms with E-state index in [2.05, 4.69) is 9.22 Å². The first-order valence-electron chi connectivity index (χ1n) is 7.20. The molecule has 0 unspecified atom stereocenters. The molecular formula is C15H24O5S. The quantitative estimate of drug-likeness (QED) is 0.407. The normalized spacial score (nSPS) is 17.9. The average Bonchev–Trinajstić information content (AvgIpc) is 2.34. The Morgan fingerprint density at radius 1 is 1.33 bits per heavy atom. The molecule has 0 aromatic rings. The van der Waals surface area contributed by atoms with Crippen LogP contribution in [-0.4, -0.2) is 14.4 Å². The molecule has 0 fully saturated rings. The average molecular weight is 316 g/mol. The van der Waals surface area contributed by atoms with Gasteiger partial charge in [-0.25, -0.2) is 4.79 Å². The molecule has 0 saturated carbocycles. The van der Waals surface area contributed by atoms with Crippen molar-refractivity contribution in [1.29, 1.82) is 0 Å². The Morgan fingerprint density at radius 2 is 2.00 bits per heavy atom. The minimum Gasteiger partial charge on any atom is -0.281 e. The molecule has 1 aliphatic carbocycles. The number of unbranched alkanes of at least 4 members (excludes halogenated alkanes) is 2. The summed E-state index contributed by atoms with van der Waals surface area (Å²) >= 11 is 0. The lowest BCUT2D eigenvalue weighted by atomic mass is 9.82. The molecule has 6 heteroatoms. The van der Waals surface area contributed by atoms with Gasteiger partial charge in [0, 0.05) is 6.42 Å². The Bertz CT molecular complexity index is 540. The van der Waals surface area contributed by atoms with Crippen LogP contribution < -0.4 is 0 Å². The summed E-state index contributed by atoms with van der Waals surface area (Å²) < 4.78 is 28.5. The van der Waals surface area contributed by atoms with Crippen molar-refractivity contribution in [2.24, 2.45) is 5.41 Å². The van der Waals surface area contributed by atoms with Gasteiger partial charge in [-0.15, -0.1) is 0 Å². The van der Waals surface area contributed by atoms with E-state index in [-0.39, 0.29) is 16.7 Å². The second-order valence-electron chi connectivity index (χ2n) is 6.14. The Kier molecular flexibility index (Phi) is 6.16. The standard InChI is InChI=1S/C15H24O5S/c1-5-6-7-8-14(16)19-20-21(17,18)13-9-12(2)10-15(3,4)11-13/h9,11H,5-8,10H2,1-4H3. The van der Waals surface area contributed by atoms with Crippen LogP contribution in [-0.2, 0) is 24.1 Å². The molecule has 0 radical (unpaired) electrons. The topological polar surface area (TPSA) is 69.7 Å². The molecule has 0 aromatic heterocycles. The summed E-state index contributed by atoms with van der Waals surface area (Å²) in [4.78, 5) is 15.8. The first-order chi connectivity index (χ1) is 9.66. The van der Waals surface area contributed by atoms with Gasteiger partial charge in [0.05, 0.1) is 4.91 Å². The molecule has 120 valence electrons. The zero-order chi connectivity index (χ0) is 16.1. The summed E-state index contributed by atoms with van der Waals surface area (Å²) in [5.74, 6) is -0.664. The highest BCUT2D eigenvalue weighted by molar-refractivity contribution is 7.90. The zero-order valence-corrected chi connectivity index (χ0v) is 14.0. The third-order valence-corrected chi connectivity index (χ3v) is 4.21. The second kappa shape index (κ2) is 7.22. The molecule has 0 amide bonds. The van der Waals surface area contributed by atoms with Gasteiger partial charge < -0.3 is 0 Å². The second-order valence-corrected chi connectivity index (χ2v) is 7.65. The van der Waals surface area contributed by atoms with Crippen molar-refractivity contribution >= 4 is 16.1 Å². The number of rotatable bonds is 7. The molecule has 0 saturated heterocycles. The van der Waals surface area contributed by atoms with Crippen LogP contribution in [0.1, 0.15) is 59.8 Å². The highest BCUT2D eigenvalue weighted by atomic mass is 32.2. The lowest BCUT2D eigenvalue weighted by Crippen LogP contribution is -2.19. The largest absolute Gasteiger partial charge is 0.343 e. The Hall–Kier alpha value is -1.14. The minimum atomic E-state index is -4.07. The minimum absolute atomic E-state index is 0.0395. The van der Waals surface area contributed by atoms with Crippen molar-refractivity contribution in [3.8, 4) is 0 Å². The van der Waals surface area contributed by atoms with E-state index in [1.807, 2.05) is 27.7 Å². The smallest absolute Gasteiger partial charge is 0.281 e. The van der Waals surface area contributed by atoms with Gasteiger partial charge >= 0.3 is 16.1 Å². The summed E-state index contributed by atoms with van der Waals surface area (Å²) in [5.41, 5.74) is 0.675. The van der Waals surface area contributed by atoms with Crippen molar-refractivity contribution in [3.63, 3.8) is 0 Å². The number of hydrogen-bond acceptors (Lipinski definition) is 5. The van der Waals surface area contributed by atoms with Crippen LogP contribution in [0, 0.1) is 5.41 Å². The molecule has 0 heterocycles. The molecule has 1 rings (SSSR count). The monoisotopic (exact) mass is 316 g/mol. The third-order valence-electron chi connectivity index (χ3n) is 3.15. The van der Waals surface area contributed by atoms with Crippen molar-refractivity contribution in [1.82, 2.24) is 0 Å². The van der Waals surface area contributed by atoms with E-state index in [9.17, 15) is 13.2 Å². The van der Waals surface area contributed by atoms with Crippen LogP contribution in [0.15, 0.2) is 22.6 Å². The summed E-state index contributed by atoms with van der Waals surface area (Å²) in [6.07, 6.45) is 6.63. The van der Waals surface area contributed by atoms with E-state index in [1.54, 1.807) is 12.2 Å². The van der Waals surface area contributed by atoms with Gasteiger partial charge in [0.25, 0.3) is 0 Å². The van der Waals surface area contributed by atoms with Crippen molar-refractivity contribution < 1.29 is 22.4 Å². The van der Waals surface area contributed by atoms with Crippen LogP contribution in [0.25, 0.3) is 0 Å². The van der Waals surface area contributed by atoms with Crippen LogP contribution in [0.3, 0.4) is 0 Å². The summed E-state index contributed by atoms with van der Waals surface area (Å²) in [6, 6.07) is 0. The highest BCUT2D eigenvalue weighted by Gasteiger charge is 2.28. The lowest BCUT2D eigenvalue weighted by Gasteiger charge is -2.25. The fourth-order valence-electron chi connectivity index (χ4n) is 2.32. The maximum Gasteiger partial charge on any atom is 0.343 e. The van der Waals surface area contributed by atoms with Gasteiger partial charge in [0.2, 0.25) is 0 Å². The van der Waals surface area contributed by atoms with Gasteiger partial charge in [-0.3, -0.25) is 4.89 Å². The van der Waals surface area contributed by atoms with Crippen molar-refractivity contribution in [2.75, 3.05) is 0 Å². The van der Waals surface area contributed by atoms with Gasteiger partial charge in [0.15, 0.2) is 0 Å². The fraction of sp³-hybridized carbons (Fsp3) is 0.667. The lowest BCUT2D eigenvalue weighted by molar-refractivity contribution is -0.210. The SMILES string of the molecule is CCCCCC(=O)OOS(=O)(=O)C1=CC(C)(C)CC(C)=C1. The van der Waals surface area contributed by atoms with E-state index in [0.717, 1.165) is 24.8 Å². The van der Waals surface area contributed by atoms with E-state index in [0.29, 0.717) is 6.42 Å². The Balaban J connectivity index is 2.66. The Labute approximate surface area is 127 Å². The van der Waals surface area contributed by atoms with Gasteiger partial charge in [0.1, 0.15) is 0 Å². The van der Waals surface area contributed by atoms with Crippen LogP contribution >= 0.6 is 0 Å². The van der Waals surface area contributed by atoms with E-state index in [1.165, 1.54) is 0 Å². The van der Waals surface area contributed by atoms with E-state index in [4.69, 9.17) is 0 Å². The third kappa shape index (κ3) is 6.01. The molecule has 0 bridgehead atoms. The van der Waals surface area contributed by atoms with Gasteiger partial charge in [-0.2, -0.15) is 8.42 Å². The predicted molar refractivity (Wildman–Crippen MR) is 80.5 cm³/mol. The maximum absolute atomic E-state index is 12.0. The summed E-state index contributed by atoms with van der Waals surface area (Å²) in [6.45, 7) is 7.75. The number of carbonyl (C=O) groups is 1. The number of allylic oxidation sites excluding steroid dienone is 3. The molecule has 0 aliphatic heterocycles. The van der Waals surface area contributed by atoms with Crippen LogP contribution in [0.2, 0.25) is 0 Å². The summed E-state index contributed by atoms with van der Waals surface area (Å²) in [5, 5.41) is 0. The first kappa shape index (κ1) is 17.9. The summed E-state index contributed by atoms with van der Waals surface area (Å²) in [7, 11) is -4.07. The van der Waals surface area contributed by atoms with E-state index >= 15 is 0 Å². The van der Waals surface area contributed by atoms with Crippen molar-refractivity contribution in [2.45, 2.75) is 59.8 Å². The first-order valence-corrected chi connectivity index (χ1v) is 8.61. The predicted octanol–water partition coefficient (Wildman–Crippen LogP) is 3.63. The number of carbonyl (C=O) groups excluding carboxylic acids is 1. The number of hydrogen-bond donors (Lipinski definition) is 0. The van der Waals surface area contributed by atoms with E-state index < -0.39 is 16.1 Å². The molecule has 1 aliphatic rings. The molecule has 0 spiro atoms. The zero-order valence-electron chi connectivity index (χ0n) is 13.1. The van der Waals surface area contributed by atoms with Crippen LogP contribution in [0.4, 0.5) is 0 Å². The molecule has 21 heavy (non-hydrogen) atoms. The van der Waals surface area contributed by atoms with Gasteiger partial charge in [-0.1, -0.05) is 45.3 Å². The van der Waals surface area contributed by atoms with Gasteiger partial charge in [-0.05, 0) is 35.6 Å². The molecule has 0 aromatic carbocycles. The fourth-order valence-corrected chi connectivity index (χ4v) is 3.37. The van der Waals surface area contributed by atoms with Crippen molar-refractivity contribution in [3.05, 3.63) is 22.6 Å². The van der Waals surface area contributed by atoms with Crippen LogP contribution in [0.5, 0.6) is 0 Å².